The van der Waals surface area contributed by atoms with Gasteiger partial charge in [0, 0.05) is 38.1 Å². The van der Waals surface area contributed by atoms with E-state index in [0.29, 0.717) is 22.9 Å². The molecule has 4 heterocycles. The molecule has 12 aromatic rings. The summed E-state index contributed by atoms with van der Waals surface area (Å²) in [6, 6.07) is 54.2. The Balaban J connectivity index is 1.09. The van der Waals surface area contributed by atoms with E-state index in [0.717, 1.165) is 66.0 Å². The van der Waals surface area contributed by atoms with Crippen molar-refractivity contribution < 1.29 is 4.42 Å². The largest absolute Gasteiger partial charge is 0.456 e. The number of benzene rings is 8. The van der Waals surface area contributed by atoms with E-state index in [1.165, 1.54) is 10.8 Å². The van der Waals surface area contributed by atoms with Gasteiger partial charge in [-0.2, -0.15) is 9.97 Å². The molecule has 0 aliphatic rings. The standard InChI is InChI=1S/C51H26B5N5O/c52-44-43(45(53)47(55)48(56)46(44)54)50-57-49(58-51(59-50)61-36-17-8-5-13-30(36)31-14-6-9-18-37(31)61)29-22-24-34-41(26-29)62-40-20-10-19-38(42(34)40)60-35-16-7-4-15-32(35)33-23-21-28(25-39(33)60)27-11-2-1-3-12-27/h1-26H. The van der Waals surface area contributed by atoms with Gasteiger partial charge in [-0.1, -0.05) is 120 Å². The average molecular weight is 779 g/mol. The second-order valence-electron chi connectivity index (χ2n) is 15.5. The Morgan fingerprint density at radius 1 is 0.371 bits per heavy atom. The number of fused-ring (bicyclic) bond motifs is 9. The molecule has 11 heteroatoms. The third-order valence-corrected chi connectivity index (χ3v) is 12.1. The zero-order valence-corrected chi connectivity index (χ0v) is 33.0. The fourth-order valence-corrected chi connectivity index (χ4v) is 9.11. The molecule has 0 aliphatic carbocycles. The first kappa shape index (κ1) is 36.4. The van der Waals surface area contributed by atoms with Crippen molar-refractivity contribution in [2.75, 3.05) is 0 Å². The fraction of sp³-hybridized carbons (Fsp3) is 0. The second-order valence-corrected chi connectivity index (χ2v) is 15.5. The fourth-order valence-electron chi connectivity index (χ4n) is 9.11. The van der Waals surface area contributed by atoms with Crippen LogP contribution in [-0.4, -0.2) is 63.3 Å². The molecule has 0 atom stereocenters. The Bertz CT molecular complexity index is 3750. The molecule has 4 aromatic heterocycles. The zero-order chi connectivity index (χ0) is 41.8. The summed E-state index contributed by atoms with van der Waals surface area (Å²) in [4.78, 5) is 15.2. The summed E-state index contributed by atoms with van der Waals surface area (Å²) in [5, 5.41) is 6.36. The predicted molar refractivity (Wildman–Crippen MR) is 259 cm³/mol. The van der Waals surface area contributed by atoms with E-state index in [4.69, 9.17) is 58.6 Å². The van der Waals surface area contributed by atoms with E-state index in [2.05, 4.69) is 95.6 Å². The van der Waals surface area contributed by atoms with Gasteiger partial charge < -0.3 is 8.98 Å². The lowest BCUT2D eigenvalue weighted by Crippen LogP contribution is -2.55. The van der Waals surface area contributed by atoms with Crippen LogP contribution in [-0.2, 0) is 0 Å². The van der Waals surface area contributed by atoms with Crippen LogP contribution in [0.3, 0.4) is 0 Å². The van der Waals surface area contributed by atoms with Crippen molar-refractivity contribution in [3.8, 4) is 45.5 Å². The van der Waals surface area contributed by atoms with Gasteiger partial charge in [0.25, 0.3) is 0 Å². The van der Waals surface area contributed by atoms with Gasteiger partial charge in [0.15, 0.2) is 11.6 Å². The highest BCUT2D eigenvalue weighted by Crippen LogP contribution is 2.41. The smallest absolute Gasteiger partial charge is 0.238 e. The van der Waals surface area contributed by atoms with Crippen molar-refractivity contribution in [2.45, 2.75) is 0 Å². The van der Waals surface area contributed by atoms with Crippen molar-refractivity contribution in [1.82, 2.24) is 24.1 Å². The highest BCUT2D eigenvalue weighted by molar-refractivity contribution is 6.68. The third-order valence-electron chi connectivity index (χ3n) is 12.1. The van der Waals surface area contributed by atoms with Crippen LogP contribution in [0.4, 0.5) is 0 Å². The molecular weight excluding hydrogens is 753 g/mol. The Morgan fingerprint density at radius 2 is 0.919 bits per heavy atom. The van der Waals surface area contributed by atoms with Crippen LogP contribution < -0.4 is 27.3 Å². The summed E-state index contributed by atoms with van der Waals surface area (Å²) in [7, 11) is 32.3. The number of nitrogens with zero attached hydrogens (tertiary/aromatic N) is 5. The van der Waals surface area contributed by atoms with Gasteiger partial charge in [0.1, 0.15) is 50.4 Å². The van der Waals surface area contributed by atoms with Crippen molar-refractivity contribution in [1.29, 1.82) is 0 Å². The van der Waals surface area contributed by atoms with E-state index >= 15 is 0 Å². The molecule has 10 radical (unpaired) electrons. The van der Waals surface area contributed by atoms with E-state index in [-0.39, 0.29) is 38.7 Å². The highest BCUT2D eigenvalue weighted by atomic mass is 16.3. The van der Waals surface area contributed by atoms with Crippen molar-refractivity contribution in [3.05, 3.63) is 158 Å². The van der Waals surface area contributed by atoms with Crippen molar-refractivity contribution in [2.24, 2.45) is 0 Å². The molecule has 0 aliphatic heterocycles. The van der Waals surface area contributed by atoms with Gasteiger partial charge >= 0.3 is 0 Å². The summed E-state index contributed by atoms with van der Waals surface area (Å²) in [6.45, 7) is 0. The highest BCUT2D eigenvalue weighted by Gasteiger charge is 2.23. The molecule has 0 saturated heterocycles. The molecular formula is C51H26B5N5O. The Labute approximate surface area is 362 Å². The van der Waals surface area contributed by atoms with Crippen LogP contribution in [0.15, 0.2) is 162 Å². The summed E-state index contributed by atoms with van der Waals surface area (Å²) >= 11 is 0. The minimum absolute atomic E-state index is 0.103. The summed E-state index contributed by atoms with van der Waals surface area (Å²) in [5.74, 6) is 0.898. The maximum atomic E-state index is 6.71. The topological polar surface area (TPSA) is 61.7 Å². The molecule has 6 nitrogen and oxygen atoms in total. The molecule has 0 unspecified atom stereocenters. The summed E-state index contributed by atoms with van der Waals surface area (Å²) in [5.41, 5.74) is 10.3. The van der Waals surface area contributed by atoms with Gasteiger partial charge in [-0.15, -0.1) is 16.4 Å². The van der Waals surface area contributed by atoms with Gasteiger partial charge in [-0.05, 0) is 59.7 Å². The molecule has 12 rings (SSSR count). The van der Waals surface area contributed by atoms with E-state index < -0.39 is 0 Å². The first-order valence-corrected chi connectivity index (χ1v) is 20.1. The first-order chi connectivity index (χ1) is 30.3. The lowest BCUT2D eigenvalue weighted by Gasteiger charge is -2.20. The van der Waals surface area contributed by atoms with E-state index in [1.807, 2.05) is 71.3 Å². The first-order valence-electron chi connectivity index (χ1n) is 20.1. The van der Waals surface area contributed by atoms with Gasteiger partial charge in [0.2, 0.25) is 5.95 Å². The second kappa shape index (κ2) is 13.8. The number of aromatic nitrogens is 5. The monoisotopic (exact) mass is 779 g/mol. The third kappa shape index (κ3) is 5.34. The maximum absolute atomic E-state index is 6.71. The SMILES string of the molecule is [B]c1c([B])c([B])c(-c2nc(-c3ccc4c(c3)oc3cccc(-n5c6ccccc6c6ccc(-c7ccccc7)cc65)c34)nc(-n3c4ccccc4c4ccccc43)n2)c([B])c1[B]. The quantitative estimate of drug-likeness (QED) is 0.178. The average Bonchev–Trinajstić information content (AvgIpc) is 3.98. The zero-order valence-electron chi connectivity index (χ0n) is 33.0. The van der Waals surface area contributed by atoms with E-state index in [1.54, 1.807) is 0 Å². The number of rotatable bonds is 5. The van der Waals surface area contributed by atoms with Crippen LogP contribution in [0.1, 0.15) is 0 Å². The lowest BCUT2D eigenvalue weighted by molar-refractivity contribution is 0.669. The van der Waals surface area contributed by atoms with Crippen molar-refractivity contribution >= 4 is 132 Å². The Morgan fingerprint density at radius 3 is 1.60 bits per heavy atom. The van der Waals surface area contributed by atoms with Crippen LogP contribution >= 0.6 is 0 Å². The number of furan rings is 1. The Hall–Kier alpha value is -7.51. The molecule has 0 amide bonds. The molecule has 0 spiro atoms. The van der Waals surface area contributed by atoms with Crippen LogP contribution in [0, 0.1) is 0 Å². The molecule has 0 saturated carbocycles. The summed E-state index contributed by atoms with van der Waals surface area (Å²) < 4.78 is 11.1. The molecule has 0 bridgehead atoms. The maximum Gasteiger partial charge on any atom is 0.238 e. The van der Waals surface area contributed by atoms with Crippen LogP contribution in [0.5, 0.6) is 0 Å². The molecule has 62 heavy (non-hydrogen) atoms. The minimum atomic E-state index is 0.103. The van der Waals surface area contributed by atoms with Crippen LogP contribution in [0.25, 0.3) is 111 Å². The number of hydrogen-bond acceptors (Lipinski definition) is 4. The van der Waals surface area contributed by atoms with E-state index in [9.17, 15) is 0 Å². The predicted octanol–water partition coefficient (Wildman–Crippen LogP) is 6.94. The molecule has 0 N–H and O–H groups in total. The van der Waals surface area contributed by atoms with Crippen LogP contribution in [0.2, 0.25) is 0 Å². The van der Waals surface area contributed by atoms with Gasteiger partial charge in [-0.3, -0.25) is 4.57 Å². The molecule has 0 fully saturated rings. The van der Waals surface area contributed by atoms with Gasteiger partial charge in [-0.25, -0.2) is 4.98 Å². The molecule has 276 valence electrons. The normalized spacial score (nSPS) is 11.9. The van der Waals surface area contributed by atoms with Crippen molar-refractivity contribution in [3.63, 3.8) is 0 Å². The minimum Gasteiger partial charge on any atom is -0.456 e. The summed E-state index contributed by atoms with van der Waals surface area (Å²) in [6.07, 6.45) is 0. The molecule has 8 aromatic carbocycles. The lowest BCUT2D eigenvalue weighted by atomic mass is 9.60. The number of para-hydroxylation sites is 3. The number of hydrogen-bond donors (Lipinski definition) is 0. The van der Waals surface area contributed by atoms with Gasteiger partial charge in [0.05, 0.1) is 33.1 Å². The Kier molecular flexibility index (Phi) is 8.07.